The van der Waals surface area contributed by atoms with Gasteiger partial charge in [0.2, 0.25) is 0 Å². The third kappa shape index (κ3) is 3.33. The molecule has 0 bridgehead atoms. The minimum absolute atomic E-state index is 0.188. The molecular formula is C15H18N2O3S. The molecule has 1 N–H and O–H groups in total. The van der Waals surface area contributed by atoms with Crippen molar-refractivity contribution in [2.45, 2.75) is 25.7 Å². The minimum atomic E-state index is -3.70. The Bertz CT molecular complexity index is 770. The molecule has 2 aromatic rings. The molecule has 0 aliphatic carbocycles. The maximum absolute atomic E-state index is 12.5. The van der Waals surface area contributed by atoms with Crippen molar-refractivity contribution in [1.29, 1.82) is 0 Å². The molecule has 0 saturated carbocycles. The molecule has 0 amide bonds. The van der Waals surface area contributed by atoms with Crippen molar-refractivity contribution in [3.63, 3.8) is 0 Å². The summed E-state index contributed by atoms with van der Waals surface area (Å²) < 4.78 is 32.7. The van der Waals surface area contributed by atoms with Crippen LogP contribution in [-0.4, -0.2) is 20.5 Å². The number of anilines is 1. The van der Waals surface area contributed by atoms with Crippen LogP contribution in [0.2, 0.25) is 0 Å². The topological polar surface area (TPSA) is 68.3 Å². The molecule has 1 aromatic heterocycles. The van der Waals surface area contributed by atoms with E-state index < -0.39 is 10.0 Å². The molecule has 112 valence electrons. The lowest BCUT2D eigenvalue weighted by Crippen LogP contribution is -2.15. The number of hydrogen-bond acceptors (Lipinski definition) is 4. The van der Waals surface area contributed by atoms with Crippen molar-refractivity contribution in [2.75, 3.05) is 11.8 Å². The molecule has 0 radical (unpaired) electrons. The van der Waals surface area contributed by atoms with E-state index in [1.165, 1.54) is 13.2 Å². The van der Waals surface area contributed by atoms with E-state index in [1.807, 2.05) is 13.8 Å². The normalized spacial score (nSPS) is 11.2. The van der Waals surface area contributed by atoms with Gasteiger partial charge in [-0.2, -0.15) is 0 Å². The molecule has 0 saturated heterocycles. The molecule has 21 heavy (non-hydrogen) atoms. The van der Waals surface area contributed by atoms with Crippen LogP contribution in [0, 0.1) is 20.8 Å². The highest BCUT2D eigenvalue weighted by atomic mass is 32.2. The zero-order valence-corrected chi connectivity index (χ0v) is 13.3. The Hall–Kier alpha value is -2.08. The monoisotopic (exact) mass is 306 g/mol. The molecule has 0 aliphatic rings. The van der Waals surface area contributed by atoms with Gasteiger partial charge in [-0.1, -0.05) is 6.07 Å². The molecule has 0 atom stereocenters. The van der Waals surface area contributed by atoms with Gasteiger partial charge in [0.05, 0.1) is 12.0 Å². The van der Waals surface area contributed by atoms with Crippen molar-refractivity contribution in [3.05, 3.63) is 47.2 Å². The summed E-state index contributed by atoms with van der Waals surface area (Å²) in [5.41, 5.74) is 2.48. The second-order valence-corrected chi connectivity index (χ2v) is 6.56. The SMILES string of the molecule is COc1cc(S(=O)(=O)Nc2cc(C)ccn2)c(C)cc1C. The fraction of sp³-hybridized carbons (Fsp3) is 0.267. The largest absolute Gasteiger partial charge is 0.496 e. The van der Waals surface area contributed by atoms with Gasteiger partial charge in [0.25, 0.3) is 10.0 Å². The Morgan fingerprint density at radius 1 is 1.10 bits per heavy atom. The van der Waals surface area contributed by atoms with Crippen LogP contribution in [-0.2, 0) is 10.0 Å². The number of hydrogen-bond donors (Lipinski definition) is 1. The first kappa shape index (κ1) is 15.3. The summed E-state index contributed by atoms with van der Waals surface area (Å²) in [6, 6.07) is 6.80. The van der Waals surface area contributed by atoms with E-state index in [-0.39, 0.29) is 4.90 Å². The van der Waals surface area contributed by atoms with Gasteiger partial charge in [-0.05, 0) is 49.6 Å². The lowest BCUT2D eigenvalue weighted by Gasteiger charge is -2.13. The Morgan fingerprint density at radius 2 is 1.81 bits per heavy atom. The first-order valence-electron chi connectivity index (χ1n) is 6.44. The standard InChI is InChI=1S/C15H18N2O3S/c1-10-5-6-16-15(7-10)17-21(18,19)14-9-13(20-4)11(2)8-12(14)3/h5-9H,1-4H3,(H,16,17). The van der Waals surface area contributed by atoms with Crippen molar-refractivity contribution >= 4 is 15.8 Å². The van der Waals surface area contributed by atoms with Gasteiger partial charge >= 0.3 is 0 Å². The second kappa shape index (κ2) is 5.73. The number of rotatable bonds is 4. The summed E-state index contributed by atoms with van der Waals surface area (Å²) in [6.07, 6.45) is 1.57. The summed E-state index contributed by atoms with van der Waals surface area (Å²) in [7, 11) is -2.19. The minimum Gasteiger partial charge on any atom is -0.496 e. The van der Waals surface area contributed by atoms with Crippen LogP contribution in [0.4, 0.5) is 5.82 Å². The smallest absolute Gasteiger partial charge is 0.263 e. The Balaban J connectivity index is 2.44. The highest BCUT2D eigenvalue weighted by Crippen LogP contribution is 2.27. The molecule has 0 fully saturated rings. The Kier molecular flexibility index (Phi) is 4.18. The first-order valence-corrected chi connectivity index (χ1v) is 7.92. The highest BCUT2D eigenvalue weighted by Gasteiger charge is 2.19. The summed E-state index contributed by atoms with van der Waals surface area (Å²) in [4.78, 5) is 4.21. The summed E-state index contributed by atoms with van der Waals surface area (Å²) in [6.45, 7) is 5.50. The molecule has 2 rings (SSSR count). The lowest BCUT2D eigenvalue weighted by atomic mass is 10.1. The number of methoxy groups -OCH3 is 1. The number of ether oxygens (including phenoxy) is 1. The van der Waals surface area contributed by atoms with E-state index in [4.69, 9.17) is 4.74 Å². The zero-order chi connectivity index (χ0) is 15.6. The summed E-state index contributed by atoms with van der Waals surface area (Å²) >= 11 is 0. The van der Waals surface area contributed by atoms with E-state index in [9.17, 15) is 8.42 Å². The number of benzene rings is 1. The predicted molar refractivity (Wildman–Crippen MR) is 82.3 cm³/mol. The third-order valence-corrected chi connectivity index (χ3v) is 4.63. The van der Waals surface area contributed by atoms with Crippen LogP contribution in [0.25, 0.3) is 0 Å². The fourth-order valence-electron chi connectivity index (χ4n) is 2.11. The molecule has 1 aromatic carbocycles. The van der Waals surface area contributed by atoms with Gasteiger partial charge < -0.3 is 4.74 Å². The predicted octanol–water partition coefficient (Wildman–Crippen LogP) is 2.82. The fourth-order valence-corrected chi connectivity index (χ4v) is 3.35. The Morgan fingerprint density at radius 3 is 2.43 bits per heavy atom. The van der Waals surface area contributed by atoms with E-state index in [0.29, 0.717) is 17.1 Å². The van der Waals surface area contributed by atoms with Crippen LogP contribution < -0.4 is 9.46 Å². The Labute approximate surface area is 125 Å². The molecular weight excluding hydrogens is 288 g/mol. The van der Waals surface area contributed by atoms with Crippen LogP contribution in [0.3, 0.4) is 0 Å². The maximum atomic E-state index is 12.5. The van der Waals surface area contributed by atoms with Gasteiger partial charge in [-0.3, -0.25) is 4.72 Å². The summed E-state index contributed by atoms with van der Waals surface area (Å²) in [5, 5.41) is 0. The van der Waals surface area contributed by atoms with Crippen molar-refractivity contribution in [1.82, 2.24) is 4.98 Å². The van der Waals surface area contributed by atoms with Crippen LogP contribution in [0.15, 0.2) is 35.4 Å². The van der Waals surface area contributed by atoms with Crippen LogP contribution in [0.5, 0.6) is 5.75 Å². The van der Waals surface area contributed by atoms with Gasteiger partial charge in [-0.15, -0.1) is 0 Å². The van der Waals surface area contributed by atoms with E-state index in [0.717, 1.165) is 11.1 Å². The van der Waals surface area contributed by atoms with Crippen molar-refractivity contribution in [3.8, 4) is 5.75 Å². The average Bonchev–Trinajstić information content (AvgIpc) is 2.37. The number of aryl methyl sites for hydroxylation is 3. The average molecular weight is 306 g/mol. The molecule has 0 spiro atoms. The van der Waals surface area contributed by atoms with Gasteiger partial charge in [0.1, 0.15) is 11.6 Å². The second-order valence-electron chi connectivity index (χ2n) is 4.91. The quantitative estimate of drug-likeness (QED) is 0.943. The lowest BCUT2D eigenvalue weighted by molar-refractivity contribution is 0.410. The number of nitrogens with one attached hydrogen (secondary N) is 1. The number of nitrogens with zero attached hydrogens (tertiary/aromatic N) is 1. The number of aromatic nitrogens is 1. The van der Waals surface area contributed by atoms with Gasteiger partial charge in [0, 0.05) is 12.3 Å². The molecule has 6 heteroatoms. The molecule has 5 nitrogen and oxygen atoms in total. The van der Waals surface area contributed by atoms with E-state index in [2.05, 4.69) is 9.71 Å². The zero-order valence-electron chi connectivity index (χ0n) is 12.5. The molecule has 1 heterocycles. The number of sulfonamides is 1. The van der Waals surface area contributed by atoms with Crippen molar-refractivity contribution < 1.29 is 13.2 Å². The van der Waals surface area contributed by atoms with E-state index in [1.54, 1.807) is 31.3 Å². The van der Waals surface area contributed by atoms with E-state index >= 15 is 0 Å². The third-order valence-electron chi connectivity index (χ3n) is 3.14. The molecule has 0 aliphatic heterocycles. The first-order chi connectivity index (χ1) is 9.83. The summed E-state index contributed by atoms with van der Waals surface area (Å²) in [5.74, 6) is 0.840. The highest BCUT2D eigenvalue weighted by molar-refractivity contribution is 7.92. The van der Waals surface area contributed by atoms with Crippen molar-refractivity contribution in [2.24, 2.45) is 0 Å². The van der Waals surface area contributed by atoms with Gasteiger partial charge in [0.15, 0.2) is 0 Å². The maximum Gasteiger partial charge on any atom is 0.263 e. The van der Waals surface area contributed by atoms with Gasteiger partial charge in [-0.25, -0.2) is 13.4 Å². The molecule has 0 unspecified atom stereocenters. The number of pyridine rings is 1. The van der Waals surface area contributed by atoms with Crippen LogP contribution >= 0.6 is 0 Å². The van der Waals surface area contributed by atoms with Crippen LogP contribution in [0.1, 0.15) is 16.7 Å².